The summed E-state index contributed by atoms with van der Waals surface area (Å²) in [6.07, 6.45) is -2.92. The Labute approximate surface area is 204 Å². The molecule has 4 rings (SSSR count). The third kappa shape index (κ3) is 6.92. The van der Waals surface area contributed by atoms with Crippen LogP contribution in [-0.2, 0) is 16.1 Å². The Bertz CT molecular complexity index is 1040. The van der Waals surface area contributed by atoms with E-state index in [9.17, 15) is 23.1 Å². The number of aryl methyl sites for hydroxylation is 1. The number of aliphatic carboxylic acids is 1. The number of phenols is 1. The Balaban J connectivity index is 0.000000429. The highest BCUT2D eigenvalue weighted by Crippen LogP contribution is 2.39. The number of phenolic OH excluding ortho intramolecular Hbond substituents is 1. The molecule has 2 aliphatic rings. The van der Waals surface area contributed by atoms with Gasteiger partial charge in [-0.3, -0.25) is 9.69 Å². The number of carboxylic acid groups (broad SMARTS) is 1. The van der Waals surface area contributed by atoms with Crippen LogP contribution in [-0.4, -0.2) is 81.9 Å². The minimum atomic E-state index is -5.08. The first-order chi connectivity index (χ1) is 16.4. The van der Waals surface area contributed by atoms with E-state index in [1.165, 1.54) is 6.07 Å². The second kappa shape index (κ2) is 10.9. The first-order valence-electron chi connectivity index (χ1n) is 11.0. The maximum Gasteiger partial charge on any atom is 0.490 e. The largest absolute Gasteiger partial charge is 0.508 e. The normalized spacial score (nSPS) is 19.6. The number of hydrogen-bond donors (Lipinski definition) is 2. The SMILES string of the molecule is Cc1nc(COCC2CCN(C)C3(C2)CN(C(=O)c2cccc(O)c2)C3)cs1.O=C(O)C(F)(F)F. The van der Waals surface area contributed by atoms with Crippen molar-refractivity contribution in [1.29, 1.82) is 0 Å². The predicted molar refractivity (Wildman–Crippen MR) is 122 cm³/mol. The lowest BCUT2D eigenvalue weighted by Gasteiger charge is -2.58. The van der Waals surface area contributed by atoms with Gasteiger partial charge >= 0.3 is 12.1 Å². The molecule has 0 saturated carbocycles. The fourth-order valence-electron chi connectivity index (χ4n) is 4.36. The number of nitrogens with zero attached hydrogens (tertiary/aromatic N) is 3. The average molecular weight is 516 g/mol. The number of likely N-dealkylation sites (tertiary alicyclic amines) is 2. The molecule has 2 aliphatic heterocycles. The number of benzene rings is 1. The molecule has 35 heavy (non-hydrogen) atoms. The molecule has 2 saturated heterocycles. The quantitative estimate of drug-likeness (QED) is 0.628. The molecule has 0 bridgehead atoms. The molecule has 1 atom stereocenters. The van der Waals surface area contributed by atoms with E-state index in [0.717, 1.165) is 49.8 Å². The molecule has 2 aromatic rings. The Morgan fingerprint density at radius 2 is 2.00 bits per heavy atom. The second-order valence-electron chi connectivity index (χ2n) is 8.89. The van der Waals surface area contributed by atoms with E-state index in [0.29, 0.717) is 18.1 Å². The van der Waals surface area contributed by atoms with Gasteiger partial charge in [0.1, 0.15) is 5.75 Å². The van der Waals surface area contributed by atoms with Gasteiger partial charge in [-0.2, -0.15) is 13.2 Å². The van der Waals surface area contributed by atoms with Gasteiger partial charge in [-0.25, -0.2) is 9.78 Å². The van der Waals surface area contributed by atoms with Gasteiger partial charge in [0.2, 0.25) is 0 Å². The van der Waals surface area contributed by atoms with Crippen LogP contribution in [0.1, 0.15) is 33.9 Å². The number of thiazole rings is 1. The van der Waals surface area contributed by atoms with Crippen molar-refractivity contribution in [3.8, 4) is 5.75 Å². The molecule has 0 radical (unpaired) electrons. The van der Waals surface area contributed by atoms with Crippen molar-refractivity contribution < 1.29 is 37.7 Å². The van der Waals surface area contributed by atoms with Crippen molar-refractivity contribution in [3.63, 3.8) is 0 Å². The molecule has 1 aromatic carbocycles. The molecule has 8 nitrogen and oxygen atoms in total. The van der Waals surface area contributed by atoms with Crippen molar-refractivity contribution in [2.45, 2.75) is 38.1 Å². The third-order valence-corrected chi connectivity index (χ3v) is 7.04. The minimum absolute atomic E-state index is 0.00722. The Morgan fingerprint density at radius 3 is 2.57 bits per heavy atom. The van der Waals surface area contributed by atoms with Crippen LogP contribution in [0.2, 0.25) is 0 Å². The lowest BCUT2D eigenvalue weighted by Crippen LogP contribution is -2.72. The summed E-state index contributed by atoms with van der Waals surface area (Å²) in [7, 11) is 2.16. The summed E-state index contributed by atoms with van der Waals surface area (Å²) in [5.41, 5.74) is 1.61. The second-order valence-corrected chi connectivity index (χ2v) is 9.95. The van der Waals surface area contributed by atoms with Crippen LogP contribution in [0.15, 0.2) is 29.6 Å². The van der Waals surface area contributed by atoms with Crippen LogP contribution in [0, 0.1) is 12.8 Å². The number of carboxylic acids is 1. The number of carbonyl (C=O) groups is 2. The van der Waals surface area contributed by atoms with E-state index in [-0.39, 0.29) is 17.2 Å². The van der Waals surface area contributed by atoms with Gasteiger partial charge < -0.3 is 19.8 Å². The zero-order chi connectivity index (χ0) is 25.8. The number of alkyl halides is 3. The van der Waals surface area contributed by atoms with Gasteiger partial charge in [-0.1, -0.05) is 6.07 Å². The highest BCUT2D eigenvalue weighted by molar-refractivity contribution is 7.09. The number of halogens is 3. The lowest BCUT2D eigenvalue weighted by molar-refractivity contribution is -0.192. The zero-order valence-electron chi connectivity index (χ0n) is 19.4. The summed E-state index contributed by atoms with van der Waals surface area (Å²) in [6, 6.07) is 6.59. The van der Waals surface area contributed by atoms with Crippen LogP contribution in [0.3, 0.4) is 0 Å². The number of rotatable bonds is 5. The van der Waals surface area contributed by atoms with Crippen LogP contribution in [0.25, 0.3) is 0 Å². The average Bonchev–Trinajstić information content (AvgIpc) is 3.17. The monoisotopic (exact) mass is 515 g/mol. The van der Waals surface area contributed by atoms with Gasteiger partial charge in [-0.15, -0.1) is 11.3 Å². The highest BCUT2D eigenvalue weighted by Gasteiger charge is 2.51. The van der Waals surface area contributed by atoms with Crippen molar-refractivity contribution in [2.24, 2.45) is 5.92 Å². The van der Waals surface area contributed by atoms with Gasteiger partial charge in [-0.05, 0) is 57.5 Å². The summed E-state index contributed by atoms with van der Waals surface area (Å²) < 4.78 is 37.7. The molecular weight excluding hydrogens is 487 g/mol. The molecule has 1 unspecified atom stereocenters. The smallest absolute Gasteiger partial charge is 0.490 e. The van der Waals surface area contributed by atoms with E-state index in [2.05, 4.69) is 22.3 Å². The molecule has 192 valence electrons. The molecule has 1 aromatic heterocycles. The maximum absolute atomic E-state index is 12.7. The topological polar surface area (TPSA) is 103 Å². The summed E-state index contributed by atoms with van der Waals surface area (Å²) in [6.45, 7) is 5.82. The first kappa shape index (κ1) is 26.9. The molecular formula is C23H28F3N3O5S. The van der Waals surface area contributed by atoms with E-state index >= 15 is 0 Å². The number of ether oxygens (including phenoxy) is 1. The molecule has 2 N–H and O–H groups in total. The summed E-state index contributed by atoms with van der Waals surface area (Å²) >= 11 is 1.65. The van der Waals surface area contributed by atoms with Gasteiger partial charge in [0.25, 0.3) is 5.91 Å². The van der Waals surface area contributed by atoms with Crippen molar-refractivity contribution in [2.75, 3.05) is 33.3 Å². The number of piperidine rings is 1. The third-order valence-electron chi connectivity index (χ3n) is 6.21. The van der Waals surface area contributed by atoms with Crippen LogP contribution < -0.4 is 0 Å². The van der Waals surface area contributed by atoms with Crippen LogP contribution >= 0.6 is 11.3 Å². The van der Waals surface area contributed by atoms with Crippen molar-refractivity contribution in [1.82, 2.24) is 14.8 Å². The van der Waals surface area contributed by atoms with E-state index in [1.807, 2.05) is 11.8 Å². The summed E-state index contributed by atoms with van der Waals surface area (Å²) in [4.78, 5) is 30.3. The van der Waals surface area contributed by atoms with Crippen LogP contribution in [0.5, 0.6) is 5.75 Å². The minimum Gasteiger partial charge on any atom is -0.508 e. The number of aromatic hydroxyl groups is 1. The standard InChI is InChI=1S/C21H27N3O3S.C2HF3O2/c1-15-22-18(12-28-15)11-27-10-16-6-7-23(2)21(9-16)13-24(14-21)20(26)17-4-3-5-19(25)8-17;3-2(4,5)1(6)7/h3-5,8,12,16,25H,6-7,9-11,13-14H2,1-2H3;(H,6,7). The molecule has 1 spiro atoms. The van der Waals surface area contributed by atoms with Crippen molar-refractivity contribution >= 4 is 23.2 Å². The van der Waals surface area contributed by atoms with E-state index in [4.69, 9.17) is 14.6 Å². The van der Waals surface area contributed by atoms with Gasteiger partial charge in [0.15, 0.2) is 0 Å². The number of aromatic nitrogens is 1. The van der Waals surface area contributed by atoms with Crippen molar-refractivity contribution in [3.05, 3.63) is 45.9 Å². The molecule has 1 amide bonds. The number of likely N-dealkylation sites (N-methyl/N-ethyl adjacent to an activating group) is 1. The first-order valence-corrected chi connectivity index (χ1v) is 11.9. The lowest BCUT2D eigenvalue weighted by atomic mass is 9.75. The number of hydrogen-bond acceptors (Lipinski definition) is 7. The molecule has 3 heterocycles. The predicted octanol–water partition coefficient (Wildman–Crippen LogP) is 3.54. The molecule has 0 aliphatic carbocycles. The molecule has 12 heteroatoms. The van der Waals surface area contributed by atoms with E-state index < -0.39 is 12.1 Å². The zero-order valence-corrected chi connectivity index (χ0v) is 20.2. The molecule has 2 fully saturated rings. The fraction of sp³-hybridized carbons (Fsp3) is 0.522. The summed E-state index contributed by atoms with van der Waals surface area (Å²) in [5.74, 6) is -2.13. The maximum atomic E-state index is 12.7. The summed E-state index contributed by atoms with van der Waals surface area (Å²) in [5, 5.41) is 19.9. The number of carbonyl (C=O) groups excluding carboxylic acids is 1. The Hall–Kier alpha value is -2.70. The Kier molecular flexibility index (Phi) is 8.39. The van der Waals surface area contributed by atoms with Crippen LogP contribution in [0.4, 0.5) is 13.2 Å². The van der Waals surface area contributed by atoms with Gasteiger partial charge in [0, 0.05) is 24.0 Å². The van der Waals surface area contributed by atoms with Gasteiger partial charge in [0.05, 0.1) is 29.5 Å². The highest BCUT2D eigenvalue weighted by atomic mass is 32.1. The number of amides is 1. The fourth-order valence-corrected chi connectivity index (χ4v) is 4.95. The van der Waals surface area contributed by atoms with E-state index in [1.54, 1.807) is 29.5 Å². The Morgan fingerprint density at radius 1 is 1.31 bits per heavy atom.